The molecule has 1 atom stereocenters. The van der Waals surface area contributed by atoms with Crippen molar-refractivity contribution in [2.75, 3.05) is 19.5 Å². The third kappa shape index (κ3) is 3.24. The highest BCUT2D eigenvalue weighted by atomic mass is 16.5. The van der Waals surface area contributed by atoms with Crippen LogP contribution in [0.4, 0.5) is 5.69 Å². The minimum Gasteiger partial charge on any atom is -0.493 e. The summed E-state index contributed by atoms with van der Waals surface area (Å²) in [4.78, 5) is 0. The molecule has 0 aliphatic carbocycles. The molecule has 3 heteroatoms. The number of nitrogens with one attached hydrogen (secondary N) is 1. The molecule has 0 bridgehead atoms. The Labute approximate surface area is 136 Å². The van der Waals surface area contributed by atoms with Crippen molar-refractivity contribution < 1.29 is 9.47 Å². The maximum Gasteiger partial charge on any atom is 0.162 e. The van der Waals surface area contributed by atoms with Gasteiger partial charge in [-0.25, -0.2) is 0 Å². The van der Waals surface area contributed by atoms with Gasteiger partial charge in [0.1, 0.15) is 0 Å². The van der Waals surface area contributed by atoms with E-state index in [-0.39, 0.29) is 6.04 Å². The SMILES string of the molecule is COc1ccc(NC(C)c2ccc3ccccc3c2)cc1OC. The summed E-state index contributed by atoms with van der Waals surface area (Å²) in [5.41, 5.74) is 2.25. The van der Waals surface area contributed by atoms with Crippen LogP contribution in [0.25, 0.3) is 10.8 Å². The molecule has 0 radical (unpaired) electrons. The number of benzene rings is 3. The molecule has 0 spiro atoms. The zero-order valence-corrected chi connectivity index (χ0v) is 13.7. The zero-order chi connectivity index (χ0) is 16.2. The van der Waals surface area contributed by atoms with E-state index in [4.69, 9.17) is 9.47 Å². The average Bonchev–Trinajstić information content (AvgIpc) is 2.61. The van der Waals surface area contributed by atoms with Gasteiger partial charge in [0.25, 0.3) is 0 Å². The van der Waals surface area contributed by atoms with E-state index in [9.17, 15) is 0 Å². The van der Waals surface area contributed by atoms with Gasteiger partial charge in [-0.05, 0) is 41.5 Å². The van der Waals surface area contributed by atoms with Gasteiger partial charge < -0.3 is 14.8 Å². The maximum absolute atomic E-state index is 5.36. The number of anilines is 1. The van der Waals surface area contributed by atoms with Crippen molar-refractivity contribution in [2.45, 2.75) is 13.0 Å². The zero-order valence-electron chi connectivity index (χ0n) is 13.7. The van der Waals surface area contributed by atoms with E-state index in [0.29, 0.717) is 0 Å². The van der Waals surface area contributed by atoms with Crippen molar-refractivity contribution >= 4 is 16.5 Å². The van der Waals surface area contributed by atoms with E-state index in [2.05, 4.69) is 54.7 Å². The van der Waals surface area contributed by atoms with Gasteiger partial charge in [-0.1, -0.05) is 36.4 Å². The molecule has 0 aliphatic rings. The lowest BCUT2D eigenvalue weighted by Crippen LogP contribution is -2.06. The summed E-state index contributed by atoms with van der Waals surface area (Å²) in [5.74, 6) is 1.46. The fraction of sp³-hybridized carbons (Fsp3) is 0.200. The normalized spacial score (nSPS) is 12.0. The molecule has 118 valence electrons. The van der Waals surface area contributed by atoms with Gasteiger partial charge in [0.15, 0.2) is 11.5 Å². The predicted molar refractivity (Wildman–Crippen MR) is 95.5 cm³/mol. The molecule has 0 amide bonds. The van der Waals surface area contributed by atoms with Crippen LogP contribution in [0.2, 0.25) is 0 Å². The molecule has 23 heavy (non-hydrogen) atoms. The van der Waals surface area contributed by atoms with Gasteiger partial charge in [-0.15, -0.1) is 0 Å². The van der Waals surface area contributed by atoms with Gasteiger partial charge in [-0.3, -0.25) is 0 Å². The first-order valence-corrected chi connectivity index (χ1v) is 7.68. The highest BCUT2D eigenvalue weighted by Gasteiger charge is 2.09. The van der Waals surface area contributed by atoms with Gasteiger partial charge >= 0.3 is 0 Å². The van der Waals surface area contributed by atoms with Crippen molar-refractivity contribution in [3.05, 3.63) is 66.2 Å². The van der Waals surface area contributed by atoms with Crippen molar-refractivity contribution in [3.63, 3.8) is 0 Å². The summed E-state index contributed by atoms with van der Waals surface area (Å²) in [6, 6.07) is 21.0. The number of methoxy groups -OCH3 is 2. The van der Waals surface area contributed by atoms with E-state index in [1.807, 2.05) is 18.2 Å². The smallest absolute Gasteiger partial charge is 0.162 e. The minimum absolute atomic E-state index is 0.192. The van der Waals surface area contributed by atoms with Gasteiger partial charge in [0.2, 0.25) is 0 Å². The molecule has 3 rings (SSSR count). The fourth-order valence-corrected chi connectivity index (χ4v) is 2.74. The summed E-state index contributed by atoms with van der Waals surface area (Å²) in [5, 5.41) is 6.03. The third-order valence-corrected chi connectivity index (χ3v) is 4.04. The van der Waals surface area contributed by atoms with E-state index < -0.39 is 0 Å². The van der Waals surface area contributed by atoms with Crippen molar-refractivity contribution in [3.8, 4) is 11.5 Å². The Morgan fingerprint density at radius 3 is 2.26 bits per heavy atom. The van der Waals surface area contributed by atoms with Crippen LogP contribution in [0, 0.1) is 0 Å². The van der Waals surface area contributed by atoms with Crippen molar-refractivity contribution in [1.29, 1.82) is 0 Å². The van der Waals surface area contributed by atoms with Crippen LogP contribution in [0.3, 0.4) is 0 Å². The number of hydrogen-bond donors (Lipinski definition) is 1. The number of rotatable bonds is 5. The highest BCUT2D eigenvalue weighted by Crippen LogP contribution is 2.31. The molecule has 1 unspecified atom stereocenters. The summed E-state index contributed by atoms with van der Waals surface area (Å²) in [7, 11) is 3.29. The van der Waals surface area contributed by atoms with Crippen LogP contribution < -0.4 is 14.8 Å². The lowest BCUT2D eigenvalue weighted by Gasteiger charge is -2.18. The lowest BCUT2D eigenvalue weighted by atomic mass is 10.0. The Morgan fingerprint density at radius 2 is 1.52 bits per heavy atom. The number of ether oxygens (including phenoxy) is 2. The minimum atomic E-state index is 0.192. The average molecular weight is 307 g/mol. The molecule has 3 aromatic carbocycles. The number of fused-ring (bicyclic) bond motifs is 1. The third-order valence-electron chi connectivity index (χ3n) is 4.04. The molecular formula is C20H21NO2. The Morgan fingerprint density at radius 1 is 0.783 bits per heavy atom. The summed E-state index contributed by atoms with van der Waals surface area (Å²) < 4.78 is 10.6. The van der Waals surface area contributed by atoms with E-state index in [1.165, 1.54) is 16.3 Å². The van der Waals surface area contributed by atoms with E-state index >= 15 is 0 Å². The fourth-order valence-electron chi connectivity index (χ4n) is 2.74. The molecule has 3 aromatic rings. The predicted octanol–water partition coefficient (Wildman–Crippen LogP) is 5.03. The molecule has 1 N–H and O–H groups in total. The first kappa shape index (κ1) is 15.2. The van der Waals surface area contributed by atoms with Gasteiger partial charge in [-0.2, -0.15) is 0 Å². The summed E-state index contributed by atoms with van der Waals surface area (Å²) in [6.45, 7) is 2.15. The van der Waals surface area contributed by atoms with Crippen molar-refractivity contribution in [2.24, 2.45) is 0 Å². The van der Waals surface area contributed by atoms with Crippen molar-refractivity contribution in [1.82, 2.24) is 0 Å². The topological polar surface area (TPSA) is 30.5 Å². The monoisotopic (exact) mass is 307 g/mol. The first-order valence-electron chi connectivity index (χ1n) is 7.68. The first-order chi connectivity index (χ1) is 11.2. The van der Waals surface area contributed by atoms with E-state index in [0.717, 1.165) is 17.2 Å². The van der Waals surface area contributed by atoms with Gasteiger partial charge in [0, 0.05) is 17.8 Å². The van der Waals surface area contributed by atoms with Crippen LogP contribution in [0.15, 0.2) is 60.7 Å². The second kappa shape index (κ2) is 6.61. The van der Waals surface area contributed by atoms with Gasteiger partial charge in [0.05, 0.1) is 14.2 Å². The van der Waals surface area contributed by atoms with Crippen LogP contribution in [0.1, 0.15) is 18.5 Å². The molecule has 0 heterocycles. The van der Waals surface area contributed by atoms with Crippen LogP contribution in [-0.2, 0) is 0 Å². The Balaban J connectivity index is 1.83. The molecule has 0 saturated carbocycles. The van der Waals surface area contributed by atoms with Crippen LogP contribution in [-0.4, -0.2) is 14.2 Å². The Hall–Kier alpha value is -2.68. The second-order valence-corrected chi connectivity index (χ2v) is 5.54. The standard InChI is InChI=1S/C20H21NO2/c1-14(16-9-8-15-6-4-5-7-17(15)12-16)21-18-10-11-19(22-2)20(13-18)23-3/h4-14,21H,1-3H3. The van der Waals surface area contributed by atoms with Crippen LogP contribution >= 0.6 is 0 Å². The summed E-state index contributed by atoms with van der Waals surface area (Å²) in [6.07, 6.45) is 0. The van der Waals surface area contributed by atoms with Crippen LogP contribution in [0.5, 0.6) is 11.5 Å². The Kier molecular flexibility index (Phi) is 4.38. The van der Waals surface area contributed by atoms with E-state index in [1.54, 1.807) is 14.2 Å². The lowest BCUT2D eigenvalue weighted by molar-refractivity contribution is 0.355. The number of hydrogen-bond acceptors (Lipinski definition) is 3. The molecule has 0 aliphatic heterocycles. The maximum atomic E-state index is 5.36. The second-order valence-electron chi connectivity index (χ2n) is 5.54. The Bertz CT molecular complexity index is 814. The quantitative estimate of drug-likeness (QED) is 0.717. The largest absolute Gasteiger partial charge is 0.493 e. The molecule has 0 fully saturated rings. The molecule has 3 nitrogen and oxygen atoms in total. The summed E-state index contributed by atoms with van der Waals surface area (Å²) >= 11 is 0. The molecular weight excluding hydrogens is 286 g/mol. The molecule has 0 aromatic heterocycles. The highest BCUT2D eigenvalue weighted by molar-refractivity contribution is 5.83. The molecule has 0 saturated heterocycles.